The lowest BCUT2D eigenvalue weighted by atomic mass is 9.42. The molecule has 6 nitrogen and oxygen atoms in total. The molecule has 0 aromatic heterocycles. The van der Waals surface area contributed by atoms with E-state index in [2.05, 4.69) is 6.58 Å². The van der Waals surface area contributed by atoms with Crippen molar-refractivity contribution in [2.24, 2.45) is 17.3 Å². The first-order valence-corrected chi connectivity index (χ1v) is 8.14. The molecule has 0 heterocycles. The Kier molecular flexibility index (Phi) is 3.80. The fourth-order valence-corrected chi connectivity index (χ4v) is 5.26. The summed E-state index contributed by atoms with van der Waals surface area (Å²) in [5.74, 6) is -1.07. The molecule has 4 rings (SSSR count). The van der Waals surface area contributed by atoms with E-state index >= 15 is 0 Å². The van der Waals surface area contributed by atoms with Gasteiger partial charge in [0.2, 0.25) is 0 Å². The summed E-state index contributed by atoms with van der Waals surface area (Å²) >= 11 is 0. The van der Waals surface area contributed by atoms with Crippen molar-refractivity contribution in [3.8, 4) is 0 Å². The minimum Gasteiger partial charge on any atom is -0.462 e. The monoisotopic (exact) mass is 324 g/mol. The number of carbonyl (C=O) groups excluding carboxylic acids is 2. The topological polar surface area (TPSA) is 93.1 Å². The predicted octanol–water partition coefficient (Wildman–Crippen LogP) is 0.951. The molecule has 23 heavy (non-hydrogen) atoms. The number of rotatable bonds is 5. The zero-order chi connectivity index (χ0) is 16.9. The molecule has 0 aromatic rings. The van der Waals surface area contributed by atoms with Crippen molar-refractivity contribution in [1.82, 2.24) is 0 Å². The van der Waals surface area contributed by atoms with Gasteiger partial charge >= 0.3 is 11.9 Å². The Balaban J connectivity index is 1.69. The summed E-state index contributed by atoms with van der Waals surface area (Å²) in [6, 6.07) is 0. The Bertz CT molecular complexity index is 545. The van der Waals surface area contributed by atoms with Gasteiger partial charge in [-0.1, -0.05) is 13.5 Å². The molecular weight excluding hydrogens is 300 g/mol. The van der Waals surface area contributed by atoms with Gasteiger partial charge in [0.25, 0.3) is 0 Å². The molecule has 128 valence electrons. The van der Waals surface area contributed by atoms with E-state index in [1.165, 1.54) is 0 Å². The lowest BCUT2D eigenvalue weighted by molar-refractivity contribution is -0.264. The molecule has 0 amide bonds. The molecule has 4 saturated carbocycles. The molecule has 4 aliphatic rings. The highest BCUT2D eigenvalue weighted by molar-refractivity contribution is 5.81. The van der Waals surface area contributed by atoms with Crippen LogP contribution >= 0.6 is 0 Å². The Morgan fingerprint density at radius 3 is 2.52 bits per heavy atom. The molecule has 4 bridgehead atoms. The second-order valence-electron chi connectivity index (χ2n) is 7.55. The quantitative estimate of drug-likeness (QED) is 0.444. The van der Waals surface area contributed by atoms with Crippen LogP contribution in [-0.2, 0) is 19.1 Å². The van der Waals surface area contributed by atoms with Crippen LogP contribution in [0.25, 0.3) is 0 Å². The third kappa shape index (κ3) is 2.58. The van der Waals surface area contributed by atoms with Crippen LogP contribution in [0.15, 0.2) is 12.7 Å². The van der Waals surface area contributed by atoms with E-state index < -0.39 is 28.6 Å². The highest BCUT2D eigenvalue weighted by atomic mass is 16.6. The smallest absolute Gasteiger partial charge is 0.330 e. The molecule has 0 radical (unpaired) electrons. The standard InChI is InChI=1S/C17H24O6/c1-3-13(18)22-4-5-23-14(19)16-7-12-6-15(20,9-16)10-17(21,8-12)11(16)2/h3,11-12,20-21H,1,4-10H2,2H3. The molecule has 2 N–H and O–H groups in total. The van der Waals surface area contributed by atoms with E-state index in [0.29, 0.717) is 32.1 Å². The lowest BCUT2D eigenvalue weighted by Crippen LogP contribution is -2.69. The molecule has 5 atom stereocenters. The molecular formula is C17H24O6. The average molecular weight is 324 g/mol. The summed E-state index contributed by atoms with van der Waals surface area (Å²) in [6.45, 7) is 5.10. The maximum absolute atomic E-state index is 12.7. The Morgan fingerprint density at radius 1 is 1.17 bits per heavy atom. The Labute approximate surface area is 135 Å². The van der Waals surface area contributed by atoms with Gasteiger partial charge in [0, 0.05) is 18.4 Å². The number of carbonyl (C=O) groups is 2. The second kappa shape index (κ2) is 5.31. The molecule has 6 heteroatoms. The van der Waals surface area contributed by atoms with Crippen molar-refractivity contribution < 1.29 is 29.3 Å². The van der Waals surface area contributed by atoms with E-state index in [-0.39, 0.29) is 25.0 Å². The molecule has 4 fully saturated rings. The van der Waals surface area contributed by atoms with Gasteiger partial charge in [0.05, 0.1) is 16.6 Å². The van der Waals surface area contributed by atoms with Crippen LogP contribution in [-0.4, -0.2) is 46.6 Å². The van der Waals surface area contributed by atoms with Crippen LogP contribution in [0.4, 0.5) is 0 Å². The van der Waals surface area contributed by atoms with Crippen molar-refractivity contribution in [1.29, 1.82) is 0 Å². The molecule has 4 aliphatic carbocycles. The summed E-state index contributed by atoms with van der Waals surface area (Å²) in [5.41, 5.74) is -2.81. The van der Waals surface area contributed by atoms with E-state index in [0.717, 1.165) is 6.08 Å². The first kappa shape index (κ1) is 16.5. The lowest BCUT2D eigenvalue weighted by Gasteiger charge is -2.65. The second-order valence-corrected chi connectivity index (χ2v) is 7.55. The first-order valence-electron chi connectivity index (χ1n) is 8.14. The van der Waals surface area contributed by atoms with Gasteiger partial charge in [-0.3, -0.25) is 4.79 Å². The number of esters is 2. The normalized spacial score (nSPS) is 44.0. The van der Waals surface area contributed by atoms with Gasteiger partial charge in [0.15, 0.2) is 0 Å². The van der Waals surface area contributed by atoms with Gasteiger partial charge in [-0.2, -0.15) is 0 Å². The molecule has 0 saturated heterocycles. The molecule has 0 aliphatic heterocycles. The SMILES string of the molecule is C=CC(=O)OCCOC(=O)C12CC3CC(O)(CC(O)(C3)C1C)C2. The van der Waals surface area contributed by atoms with Crippen molar-refractivity contribution in [3.63, 3.8) is 0 Å². The first-order chi connectivity index (χ1) is 10.7. The highest BCUT2D eigenvalue weighted by Gasteiger charge is 2.69. The van der Waals surface area contributed by atoms with Gasteiger partial charge in [-0.05, 0) is 31.6 Å². The highest BCUT2D eigenvalue weighted by Crippen LogP contribution is 2.66. The maximum atomic E-state index is 12.7. The molecule has 5 unspecified atom stereocenters. The molecule has 0 aromatic carbocycles. The Morgan fingerprint density at radius 2 is 1.87 bits per heavy atom. The van der Waals surface area contributed by atoms with Crippen LogP contribution in [0, 0.1) is 17.3 Å². The van der Waals surface area contributed by atoms with Crippen LogP contribution in [0.3, 0.4) is 0 Å². The third-order valence-corrected chi connectivity index (χ3v) is 6.01. The Hall–Kier alpha value is -1.40. The van der Waals surface area contributed by atoms with E-state index in [1.807, 2.05) is 6.92 Å². The average Bonchev–Trinajstić information content (AvgIpc) is 2.46. The predicted molar refractivity (Wildman–Crippen MR) is 80.2 cm³/mol. The number of hydrogen-bond donors (Lipinski definition) is 2. The van der Waals surface area contributed by atoms with Gasteiger partial charge < -0.3 is 19.7 Å². The van der Waals surface area contributed by atoms with Gasteiger partial charge in [-0.15, -0.1) is 0 Å². The van der Waals surface area contributed by atoms with Crippen molar-refractivity contribution in [3.05, 3.63) is 12.7 Å². The summed E-state index contributed by atoms with van der Waals surface area (Å²) in [6.07, 6.45) is 3.66. The summed E-state index contributed by atoms with van der Waals surface area (Å²) in [4.78, 5) is 23.7. The van der Waals surface area contributed by atoms with E-state index in [9.17, 15) is 19.8 Å². The third-order valence-electron chi connectivity index (χ3n) is 6.01. The maximum Gasteiger partial charge on any atom is 0.330 e. The van der Waals surface area contributed by atoms with Gasteiger partial charge in [0.1, 0.15) is 13.2 Å². The van der Waals surface area contributed by atoms with E-state index in [1.54, 1.807) is 0 Å². The minimum absolute atomic E-state index is 0.0288. The van der Waals surface area contributed by atoms with Crippen molar-refractivity contribution >= 4 is 11.9 Å². The number of ether oxygens (including phenoxy) is 2. The summed E-state index contributed by atoms with van der Waals surface area (Å²) in [7, 11) is 0. The molecule has 0 spiro atoms. The van der Waals surface area contributed by atoms with Crippen LogP contribution < -0.4 is 0 Å². The largest absolute Gasteiger partial charge is 0.462 e. The van der Waals surface area contributed by atoms with E-state index in [4.69, 9.17) is 9.47 Å². The zero-order valence-electron chi connectivity index (χ0n) is 13.4. The van der Waals surface area contributed by atoms with Crippen LogP contribution in [0.2, 0.25) is 0 Å². The van der Waals surface area contributed by atoms with Crippen LogP contribution in [0.5, 0.6) is 0 Å². The van der Waals surface area contributed by atoms with Crippen molar-refractivity contribution in [2.45, 2.75) is 50.2 Å². The van der Waals surface area contributed by atoms with Crippen LogP contribution in [0.1, 0.15) is 39.0 Å². The number of hydrogen-bond acceptors (Lipinski definition) is 6. The number of aliphatic hydroxyl groups is 2. The summed E-state index contributed by atoms with van der Waals surface area (Å²) in [5, 5.41) is 21.6. The van der Waals surface area contributed by atoms with Crippen molar-refractivity contribution in [2.75, 3.05) is 13.2 Å². The van der Waals surface area contributed by atoms with Gasteiger partial charge in [-0.25, -0.2) is 4.79 Å². The fourth-order valence-electron chi connectivity index (χ4n) is 5.26. The fraction of sp³-hybridized carbons (Fsp3) is 0.765. The zero-order valence-corrected chi connectivity index (χ0v) is 13.4. The minimum atomic E-state index is -0.998. The summed E-state index contributed by atoms with van der Waals surface area (Å²) < 4.78 is 10.1.